The van der Waals surface area contributed by atoms with Gasteiger partial charge in [-0.25, -0.2) is 0 Å². The standard InChI is InChI=1S/C25H26N2O3/c1-25(2,3)24(29)26-20-11-9-17(10-12-20)22-15-19-16-27(14-13-21(19)30-22)23(28)18-7-5-4-6-8-18/h4-12,15H,13-14,16H2,1-3H3,(H,26,29). The van der Waals surface area contributed by atoms with E-state index in [2.05, 4.69) is 5.32 Å². The normalized spacial score (nSPS) is 13.6. The quantitative estimate of drug-likeness (QED) is 0.661. The maximum atomic E-state index is 12.7. The molecule has 0 fully saturated rings. The van der Waals surface area contributed by atoms with Crippen molar-refractivity contribution in [2.75, 3.05) is 11.9 Å². The highest BCUT2D eigenvalue weighted by molar-refractivity contribution is 5.95. The summed E-state index contributed by atoms with van der Waals surface area (Å²) in [6.07, 6.45) is 0.702. The molecule has 4 rings (SSSR count). The van der Waals surface area contributed by atoms with Crippen molar-refractivity contribution in [1.82, 2.24) is 4.90 Å². The van der Waals surface area contributed by atoms with Gasteiger partial charge in [-0.3, -0.25) is 9.59 Å². The van der Waals surface area contributed by atoms with Gasteiger partial charge in [0.25, 0.3) is 5.91 Å². The van der Waals surface area contributed by atoms with Crippen LogP contribution in [-0.4, -0.2) is 23.3 Å². The molecule has 0 aliphatic carbocycles. The van der Waals surface area contributed by atoms with Gasteiger partial charge in [0.15, 0.2) is 0 Å². The lowest BCUT2D eigenvalue weighted by atomic mass is 9.95. The topological polar surface area (TPSA) is 62.6 Å². The minimum absolute atomic E-state index is 0.0214. The average Bonchev–Trinajstić information content (AvgIpc) is 3.17. The highest BCUT2D eigenvalue weighted by Crippen LogP contribution is 2.31. The van der Waals surface area contributed by atoms with Crippen molar-refractivity contribution in [2.45, 2.75) is 33.7 Å². The van der Waals surface area contributed by atoms with Gasteiger partial charge in [-0.15, -0.1) is 0 Å². The van der Waals surface area contributed by atoms with Gasteiger partial charge in [-0.1, -0.05) is 39.0 Å². The van der Waals surface area contributed by atoms with Crippen LogP contribution in [0.3, 0.4) is 0 Å². The van der Waals surface area contributed by atoms with Gasteiger partial charge in [0.2, 0.25) is 5.91 Å². The molecule has 0 bridgehead atoms. The van der Waals surface area contributed by atoms with E-state index in [0.717, 1.165) is 28.3 Å². The van der Waals surface area contributed by atoms with Gasteiger partial charge in [0.05, 0.1) is 0 Å². The Morgan fingerprint density at radius 1 is 1.00 bits per heavy atom. The first kappa shape index (κ1) is 20.0. The van der Waals surface area contributed by atoms with Gasteiger partial charge >= 0.3 is 0 Å². The van der Waals surface area contributed by atoms with E-state index in [1.807, 2.05) is 86.3 Å². The minimum atomic E-state index is -0.443. The largest absolute Gasteiger partial charge is 0.461 e. The van der Waals surface area contributed by atoms with Crippen molar-refractivity contribution in [3.63, 3.8) is 0 Å². The summed E-state index contributed by atoms with van der Waals surface area (Å²) in [5, 5.41) is 2.93. The lowest BCUT2D eigenvalue weighted by molar-refractivity contribution is -0.123. The van der Waals surface area contributed by atoms with Crippen LogP contribution < -0.4 is 5.32 Å². The van der Waals surface area contributed by atoms with Gasteiger partial charge in [0, 0.05) is 47.3 Å². The van der Waals surface area contributed by atoms with Crippen LogP contribution in [-0.2, 0) is 17.8 Å². The molecule has 0 spiro atoms. The number of nitrogens with zero attached hydrogens (tertiary/aromatic N) is 1. The molecule has 30 heavy (non-hydrogen) atoms. The Kier molecular flexibility index (Phi) is 5.20. The molecule has 5 heteroatoms. The fraction of sp³-hybridized carbons (Fsp3) is 0.280. The number of amides is 2. The molecule has 1 aliphatic heterocycles. The van der Waals surface area contributed by atoms with Crippen molar-refractivity contribution in [3.8, 4) is 11.3 Å². The lowest BCUT2D eigenvalue weighted by Gasteiger charge is -2.26. The predicted molar refractivity (Wildman–Crippen MR) is 117 cm³/mol. The van der Waals surface area contributed by atoms with Gasteiger partial charge in [0.1, 0.15) is 11.5 Å². The summed E-state index contributed by atoms with van der Waals surface area (Å²) >= 11 is 0. The first-order chi connectivity index (χ1) is 14.3. The van der Waals surface area contributed by atoms with E-state index in [4.69, 9.17) is 4.42 Å². The second-order valence-electron chi connectivity index (χ2n) is 8.68. The molecule has 1 N–H and O–H groups in total. The second-order valence-corrected chi connectivity index (χ2v) is 8.68. The number of rotatable bonds is 3. The molecule has 2 heterocycles. The Bertz CT molecular complexity index is 1060. The first-order valence-electron chi connectivity index (χ1n) is 10.2. The number of hydrogen-bond donors (Lipinski definition) is 1. The van der Waals surface area contributed by atoms with Crippen molar-refractivity contribution in [2.24, 2.45) is 5.41 Å². The van der Waals surface area contributed by atoms with Crippen LogP contribution in [0.4, 0.5) is 5.69 Å². The summed E-state index contributed by atoms with van der Waals surface area (Å²) in [4.78, 5) is 26.8. The molecular formula is C25H26N2O3. The number of hydrogen-bond acceptors (Lipinski definition) is 3. The number of nitrogens with one attached hydrogen (secondary N) is 1. The summed E-state index contributed by atoms with van der Waals surface area (Å²) in [5.74, 6) is 1.74. The number of fused-ring (bicyclic) bond motifs is 1. The molecule has 0 saturated heterocycles. The van der Waals surface area contributed by atoms with Crippen molar-refractivity contribution in [1.29, 1.82) is 0 Å². The monoisotopic (exact) mass is 402 g/mol. The molecule has 1 aromatic heterocycles. The number of furan rings is 1. The Balaban J connectivity index is 1.48. The SMILES string of the molecule is CC(C)(C)C(=O)Nc1ccc(-c2cc3c(o2)CCN(C(=O)c2ccccc2)C3)cc1. The maximum absolute atomic E-state index is 12.7. The number of anilines is 1. The number of benzene rings is 2. The van der Waals surface area contributed by atoms with E-state index < -0.39 is 5.41 Å². The zero-order valence-electron chi connectivity index (χ0n) is 17.6. The molecule has 154 valence electrons. The van der Waals surface area contributed by atoms with Crippen molar-refractivity contribution >= 4 is 17.5 Å². The van der Waals surface area contributed by atoms with E-state index in [0.29, 0.717) is 25.1 Å². The molecule has 0 radical (unpaired) electrons. The Labute approximate surface area is 176 Å². The third-order valence-corrected chi connectivity index (χ3v) is 5.28. The van der Waals surface area contributed by atoms with Gasteiger partial charge in [-0.05, 0) is 42.5 Å². The van der Waals surface area contributed by atoms with Crippen LogP contribution in [0.15, 0.2) is 65.1 Å². The Morgan fingerprint density at radius 2 is 1.70 bits per heavy atom. The fourth-order valence-corrected chi connectivity index (χ4v) is 3.45. The van der Waals surface area contributed by atoms with Crippen molar-refractivity contribution in [3.05, 3.63) is 77.6 Å². The van der Waals surface area contributed by atoms with E-state index in [-0.39, 0.29) is 11.8 Å². The average molecular weight is 402 g/mol. The van der Waals surface area contributed by atoms with Crippen LogP contribution in [0.25, 0.3) is 11.3 Å². The first-order valence-corrected chi connectivity index (χ1v) is 10.2. The number of carbonyl (C=O) groups is 2. The highest BCUT2D eigenvalue weighted by atomic mass is 16.3. The van der Waals surface area contributed by atoms with Crippen LogP contribution in [0.2, 0.25) is 0 Å². The van der Waals surface area contributed by atoms with E-state index in [1.54, 1.807) is 0 Å². The fourth-order valence-electron chi connectivity index (χ4n) is 3.45. The summed E-state index contributed by atoms with van der Waals surface area (Å²) in [6, 6.07) is 19.0. The second kappa shape index (κ2) is 7.82. The molecule has 0 saturated carbocycles. The molecule has 1 aliphatic rings. The van der Waals surface area contributed by atoms with Crippen LogP contribution in [0.1, 0.15) is 42.5 Å². The molecule has 5 nitrogen and oxygen atoms in total. The molecule has 0 unspecified atom stereocenters. The van der Waals surface area contributed by atoms with Crippen LogP contribution in [0.5, 0.6) is 0 Å². The number of carbonyl (C=O) groups excluding carboxylic acids is 2. The minimum Gasteiger partial charge on any atom is -0.461 e. The molecule has 2 amide bonds. The predicted octanol–water partition coefficient (Wildman–Crippen LogP) is 5.13. The third-order valence-electron chi connectivity index (χ3n) is 5.28. The van der Waals surface area contributed by atoms with Gasteiger partial charge < -0.3 is 14.6 Å². The highest BCUT2D eigenvalue weighted by Gasteiger charge is 2.25. The molecule has 2 aromatic carbocycles. The summed E-state index contributed by atoms with van der Waals surface area (Å²) < 4.78 is 6.08. The van der Waals surface area contributed by atoms with E-state index in [1.165, 1.54) is 0 Å². The maximum Gasteiger partial charge on any atom is 0.254 e. The van der Waals surface area contributed by atoms with Gasteiger partial charge in [-0.2, -0.15) is 0 Å². The lowest BCUT2D eigenvalue weighted by Crippen LogP contribution is -2.35. The molecule has 0 atom stereocenters. The van der Waals surface area contributed by atoms with E-state index in [9.17, 15) is 9.59 Å². The zero-order chi connectivity index (χ0) is 21.3. The van der Waals surface area contributed by atoms with Crippen LogP contribution >= 0.6 is 0 Å². The Hall–Kier alpha value is -3.34. The Morgan fingerprint density at radius 3 is 2.37 bits per heavy atom. The van der Waals surface area contributed by atoms with E-state index >= 15 is 0 Å². The summed E-state index contributed by atoms with van der Waals surface area (Å²) in [5.41, 5.74) is 3.01. The summed E-state index contributed by atoms with van der Waals surface area (Å²) in [7, 11) is 0. The molecular weight excluding hydrogens is 376 g/mol. The third kappa shape index (κ3) is 4.15. The summed E-state index contributed by atoms with van der Waals surface area (Å²) in [6.45, 7) is 6.85. The zero-order valence-corrected chi connectivity index (χ0v) is 17.6. The van der Waals surface area contributed by atoms with Crippen molar-refractivity contribution < 1.29 is 14.0 Å². The smallest absolute Gasteiger partial charge is 0.254 e. The molecule has 3 aromatic rings. The van der Waals surface area contributed by atoms with Crippen LogP contribution in [0, 0.1) is 5.41 Å².